The molecule has 1 heterocycles. The standard InChI is InChI=1S/C14H26N2O/c1-14(2,3)16-13(17)12-8-10-6-4-5-7-11(10)9-15-12/h10-12,15H,4-9H2,1-3H3,(H,16,17)/t10?,11-,12?/m1/s1. The van der Waals surface area contributed by atoms with Crippen molar-refractivity contribution in [2.24, 2.45) is 11.8 Å². The van der Waals surface area contributed by atoms with Crippen molar-refractivity contribution in [2.45, 2.75) is 64.5 Å². The van der Waals surface area contributed by atoms with Gasteiger partial charge in [-0.3, -0.25) is 4.79 Å². The van der Waals surface area contributed by atoms with E-state index in [0.717, 1.165) is 24.8 Å². The van der Waals surface area contributed by atoms with E-state index in [1.165, 1.54) is 25.7 Å². The van der Waals surface area contributed by atoms with Crippen LogP contribution in [0.5, 0.6) is 0 Å². The first-order valence-corrected chi connectivity index (χ1v) is 7.01. The predicted octanol–water partition coefficient (Wildman–Crippen LogP) is 2.07. The number of fused-ring (bicyclic) bond motifs is 1. The second-order valence-electron chi connectivity index (χ2n) is 6.74. The van der Waals surface area contributed by atoms with Gasteiger partial charge in [0.15, 0.2) is 0 Å². The summed E-state index contributed by atoms with van der Waals surface area (Å²) in [5.74, 6) is 1.78. The van der Waals surface area contributed by atoms with Gasteiger partial charge in [0.25, 0.3) is 0 Å². The Bertz CT molecular complexity index is 282. The largest absolute Gasteiger partial charge is 0.350 e. The van der Waals surface area contributed by atoms with Crippen molar-refractivity contribution in [3.05, 3.63) is 0 Å². The summed E-state index contributed by atoms with van der Waals surface area (Å²) in [7, 11) is 0. The molecule has 2 fully saturated rings. The molecule has 0 aromatic heterocycles. The summed E-state index contributed by atoms with van der Waals surface area (Å²) in [4.78, 5) is 12.1. The lowest BCUT2D eigenvalue weighted by Crippen LogP contribution is -2.55. The number of carbonyl (C=O) groups excluding carboxylic acids is 1. The molecule has 2 rings (SSSR count). The molecule has 98 valence electrons. The van der Waals surface area contributed by atoms with Gasteiger partial charge in [-0.1, -0.05) is 19.3 Å². The van der Waals surface area contributed by atoms with E-state index in [-0.39, 0.29) is 17.5 Å². The average Bonchev–Trinajstić information content (AvgIpc) is 2.26. The summed E-state index contributed by atoms with van der Waals surface area (Å²) < 4.78 is 0. The third-order valence-electron chi connectivity index (χ3n) is 4.05. The van der Waals surface area contributed by atoms with Crippen LogP contribution in [-0.2, 0) is 4.79 Å². The zero-order chi connectivity index (χ0) is 12.5. The summed E-state index contributed by atoms with van der Waals surface area (Å²) in [6.07, 6.45) is 6.44. The molecule has 1 saturated carbocycles. The van der Waals surface area contributed by atoms with Gasteiger partial charge in [0, 0.05) is 5.54 Å². The van der Waals surface area contributed by atoms with E-state index in [2.05, 4.69) is 10.6 Å². The van der Waals surface area contributed by atoms with Gasteiger partial charge < -0.3 is 10.6 Å². The Morgan fingerprint density at radius 3 is 2.47 bits per heavy atom. The minimum absolute atomic E-state index is 0.0357. The fourth-order valence-corrected chi connectivity index (χ4v) is 3.20. The van der Waals surface area contributed by atoms with Crippen molar-refractivity contribution >= 4 is 5.91 Å². The van der Waals surface area contributed by atoms with Gasteiger partial charge in [0.2, 0.25) is 5.91 Å². The topological polar surface area (TPSA) is 41.1 Å². The highest BCUT2D eigenvalue weighted by molar-refractivity contribution is 5.82. The Labute approximate surface area is 105 Å². The highest BCUT2D eigenvalue weighted by Crippen LogP contribution is 2.35. The van der Waals surface area contributed by atoms with Crippen molar-refractivity contribution < 1.29 is 4.79 Å². The van der Waals surface area contributed by atoms with Gasteiger partial charge in [-0.05, 0) is 52.0 Å². The molecule has 0 radical (unpaired) electrons. The maximum absolute atomic E-state index is 12.1. The second-order valence-corrected chi connectivity index (χ2v) is 6.74. The highest BCUT2D eigenvalue weighted by atomic mass is 16.2. The first-order chi connectivity index (χ1) is 7.96. The van der Waals surface area contributed by atoms with Gasteiger partial charge in [-0.2, -0.15) is 0 Å². The van der Waals surface area contributed by atoms with Crippen molar-refractivity contribution in [3.8, 4) is 0 Å². The van der Waals surface area contributed by atoms with Crippen LogP contribution in [0.2, 0.25) is 0 Å². The molecule has 2 aliphatic rings. The zero-order valence-electron chi connectivity index (χ0n) is 11.4. The molecule has 3 nitrogen and oxygen atoms in total. The van der Waals surface area contributed by atoms with Crippen LogP contribution in [0.4, 0.5) is 0 Å². The lowest BCUT2D eigenvalue weighted by molar-refractivity contribution is -0.126. The first kappa shape index (κ1) is 12.9. The summed E-state index contributed by atoms with van der Waals surface area (Å²) in [5.41, 5.74) is -0.123. The fraction of sp³-hybridized carbons (Fsp3) is 0.929. The lowest BCUT2D eigenvalue weighted by Gasteiger charge is -2.40. The molecule has 0 aromatic rings. The molecule has 2 N–H and O–H groups in total. The summed E-state index contributed by atoms with van der Waals surface area (Å²) in [6, 6.07) is 0.0357. The number of hydrogen-bond acceptors (Lipinski definition) is 2. The molecule has 17 heavy (non-hydrogen) atoms. The van der Waals surface area contributed by atoms with E-state index in [9.17, 15) is 4.79 Å². The van der Waals surface area contributed by atoms with Crippen molar-refractivity contribution in [2.75, 3.05) is 6.54 Å². The average molecular weight is 238 g/mol. The molecule has 0 aromatic carbocycles. The fourth-order valence-electron chi connectivity index (χ4n) is 3.20. The number of amides is 1. The molecule has 1 aliphatic heterocycles. The molecule has 3 atom stereocenters. The minimum atomic E-state index is -0.123. The van der Waals surface area contributed by atoms with Gasteiger partial charge in [-0.25, -0.2) is 0 Å². The minimum Gasteiger partial charge on any atom is -0.350 e. The van der Waals surface area contributed by atoms with Crippen LogP contribution in [0, 0.1) is 11.8 Å². The van der Waals surface area contributed by atoms with Crippen molar-refractivity contribution in [3.63, 3.8) is 0 Å². The number of nitrogens with one attached hydrogen (secondary N) is 2. The summed E-state index contributed by atoms with van der Waals surface area (Å²) in [6.45, 7) is 7.15. The zero-order valence-corrected chi connectivity index (χ0v) is 11.4. The Kier molecular flexibility index (Phi) is 3.76. The second kappa shape index (κ2) is 4.97. The number of hydrogen-bond donors (Lipinski definition) is 2. The molecule has 2 unspecified atom stereocenters. The SMILES string of the molecule is CC(C)(C)NC(=O)C1CC2CCCC[C@@H]2CN1. The van der Waals surface area contributed by atoms with Gasteiger partial charge in [-0.15, -0.1) is 0 Å². The molecule has 0 bridgehead atoms. The van der Waals surface area contributed by atoms with Gasteiger partial charge in [0.1, 0.15) is 0 Å². The molecular formula is C14H26N2O. The van der Waals surface area contributed by atoms with Crippen LogP contribution in [0.25, 0.3) is 0 Å². The van der Waals surface area contributed by atoms with E-state index in [0.29, 0.717) is 0 Å². The molecule has 1 saturated heterocycles. The van der Waals surface area contributed by atoms with Crippen LogP contribution < -0.4 is 10.6 Å². The van der Waals surface area contributed by atoms with Crippen molar-refractivity contribution in [1.29, 1.82) is 0 Å². The maximum atomic E-state index is 12.1. The first-order valence-electron chi connectivity index (χ1n) is 7.01. The monoisotopic (exact) mass is 238 g/mol. The van der Waals surface area contributed by atoms with E-state index in [1.54, 1.807) is 0 Å². The van der Waals surface area contributed by atoms with E-state index >= 15 is 0 Å². The van der Waals surface area contributed by atoms with Gasteiger partial charge >= 0.3 is 0 Å². The van der Waals surface area contributed by atoms with Crippen LogP contribution in [0.15, 0.2) is 0 Å². The van der Waals surface area contributed by atoms with Gasteiger partial charge in [0.05, 0.1) is 6.04 Å². The molecule has 3 heteroatoms. The van der Waals surface area contributed by atoms with E-state index < -0.39 is 0 Å². The third-order valence-corrected chi connectivity index (χ3v) is 4.05. The van der Waals surface area contributed by atoms with Crippen molar-refractivity contribution in [1.82, 2.24) is 10.6 Å². The van der Waals surface area contributed by atoms with E-state index in [4.69, 9.17) is 0 Å². The quantitative estimate of drug-likeness (QED) is 0.734. The Balaban J connectivity index is 1.89. The van der Waals surface area contributed by atoms with Crippen LogP contribution in [0.1, 0.15) is 52.9 Å². The summed E-state index contributed by atoms with van der Waals surface area (Å²) in [5, 5.41) is 6.51. The lowest BCUT2D eigenvalue weighted by atomic mass is 9.73. The Hall–Kier alpha value is -0.570. The highest BCUT2D eigenvalue weighted by Gasteiger charge is 2.35. The summed E-state index contributed by atoms with van der Waals surface area (Å²) >= 11 is 0. The van der Waals surface area contributed by atoms with Crippen LogP contribution in [0.3, 0.4) is 0 Å². The molecular weight excluding hydrogens is 212 g/mol. The Morgan fingerprint density at radius 1 is 1.18 bits per heavy atom. The Morgan fingerprint density at radius 2 is 1.82 bits per heavy atom. The van der Waals surface area contributed by atoms with E-state index in [1.807, 2.05) is 20.8 Å². The smallest absolute Gasteiger partial charge is 0.237 e. The maximum Gasteiger partial charge on any atom is 0.237 e. The number of rotatable bonds is 1. The third kappa shape index (κ3) is 3.44. The predicted molar refractivity (Wildman–Crippen MR) is 69.8 cm³/mol. The number of carbonyl (C=O) groups is 1. The number of piperidine rings is 1. The molecule has 1 amide bonds. The molecule has 0 spiro atoms. The molecule has 1 aliphatic carbocycles. The normalized spacial score (nSPS) is 33.9. The van der Waals surface area contributed by atoms with Crippen LogP contribution >= 0.6 is 0 Å². The van der Waals surface area contributed by atoms with Crippen LogP contribution in [-0.4, -0.2) is 24.0 Å².